The molecule has 1 amide bonds. The van der Waals surface area contributed by atoms with E-state index in [4.69, 9.17) is 11.6 Å². The van der Waals surface area contributed by atoms with Crippen molar-refractivity contribution in [1.82, 2.24) is 4.98 Å². The minimum atomic E-state index is -0.431. The predicted molar refractivity (Wildman–Crippen MR) is 109 cm³/mol. The van der Waals surface area contributed by atoms with Crippen LogP contribution in [0, 0.1) is 0 Å². The van der Waals surface area contributed by atoms with Gasteiger partial charge in [-0.2, -0.15) is 0 Å². The Bertz CT molecular complexity index is 990. The van der Waals surface area contributed by atoms with Crippen LogP contribution < -0.4 is 10.6 Å². The third-order valence-electron chi connectivity index (χ3n) is 4.01. The Labute approximate surface area is 167 Å². The van der Waals surface area contributed by atoms with Crippen LogP contribution in [-0.4, -0.2) is 24.0 Å². The first-order valence-corrected chi connectivity index (χ1v) is 8.86. The van der Waals surface area contributed by atoms with Gasteiger partial charge in [0.25, 0.3) is 5.91 Å². The molecule has 28 heavy (non-hydrogen) atoms. The predicted octanol–water partition coefficient (Wildman–Crippen LogP) is 4.39. The summed E-state index contributed by atoms with van der Waals surface area (Å²) < 4.78 is 4.65. The summed E-state index contributed by atoms with van der Waals surface area (Å²) in [5.41, 5.74) is 3.03. The number of hydrogen-bond donors (Lipinski definition) is 2. The van der Waals surface area contributed by atoms with Crippen LogP contribution in [0.25, 0.3) is 0 Å². The highest BCUT2D eigenvalue weighted by Gasteiger charge is 2.10. The molecule has 0 aliphatic heterocycles. The fraction of sp³-hybridized carbons (Fsp3) is 0.0952. The Morgan fingerprint density at radius 2 is 1.75 bits per heavy atom. The maximum atomic E-state index is 12.5. The molecule has 2 N–H and O–H groups in total. The van der Waals surface area contributed by atoms with Crippen molar-refractivity contribution in [3.63, 3.8) is 0 Å². The molecule has 0 unspecified atom stereocenters. The fourth-order valence-corrected chi connectivity index (χ4v) is 2.71. The molecular weight excluding hydrogens is 378 g/mol. The summed E-state index contributed by atoms with van der Waals surface area (Å²) in [5.74, 6) is -0.737. The second-order valence-electron chi connectivity index (χ2n) is 5.93. The number of anilines is 2. The van der Waals surface area contributed by atoms with E-state index in [0.29, 0.717) is 34.1 Å². The molecule has 0 aliphatic rings. The van der Waals surface area contributed by atoms with Crippen LogP contribution in [0.2, 0.25) is 5.02 Å². The monoisotopic (exact) mass is 395 g/mol. The van der Waals surface area contributed by atoms with E-state index in [-0.39, 0.29) is 5.91 Å². The van der Waals surface area contributed by atoms with E-state index in [1.165, 1.54) is 13.3 Å². The van der Waals surface area contributed by atoms with Crippen LogP contribution in [0.3, 0.4) is 0 Å². The molecule has 3 rings (SSSR count). The van der Waals surface area contributed by atoms with Crippen molar-refractivity contribution in [3.8, 4) is 0 Å². The number of ether oxygens (including phenoxy) is 1. The SMILES string of the molecule is COC(=O)c1ccc(NC(=O)c2cncc(NCc3ccccc3Cl)c2)cc1. The van der Waals surface area contributed by atoms with Gasteiger partial charge in [0, 0.05) is 29.6 Å². The zero-order chi connectivity index (χ0) is 19.9. The first-order valence-electron chi connectivity index (χ1n) is 8.49. The summed E-state index contributed by atoms with van der Waals surface area (Å²) in [5, 5.41) is 6.65. The maximum absolute atomic E-state index is 12.5. The lowest BCUT2D eigenvalue weighted by Gasteiger charge is -2.10. The van der Waals surface area contributed by atoms with Crippen LogP contribution in [-0.2, 0) is 11.3 Å². The van der Waals surface area contributed by atoms with Crippen molar-refractivity contribution in [2.24, 2.45) is 0 Å². The molecular formula is C21H18ClN3O3. The number of rotatable bonds is 6. The van der Waals surface area contributed by atoms with Gasteiger partial charge in [-0.05, 0) is 42.0 Å². The number of amides is 1. The van der Waals surface area contributed by atoms with E-state index in [0.717, 1.165) is 5.56 Å². The Kier molecular flexibility index (Phi) is 6.24. The Morgan fingerprint density at radius 1 is 1.00 bits per heavy atom. The average Bonchev–Trinajstić information content (AvgIpc) is 2.73. The molecule has 0 radical (unpaired) electrons. The molecule has 0 fully saturated rings. The van der Waals surface area contributed by atoms with Gasteiger partial charge in [-0.25, -0.2) is 4.79 Å². The molecule has 1 heterocycles. The number of nitrogens with zero attached hydrogens (tertiary/aromatic N) is 1. The smallest absolute Gasteiger partial charge is 0.337 e. The van der Waals surface area contributed by atoms with E-state index < -0.39 is 5.97 Å². The van der Waals surface area contributed by atoms with Crippen LogP contribution in [0.15, 0.2) is 67.0 Å². The standard InChI is InChI=1S/C21H18ClN3O3/c1-28-21(27)14-6-8-17(9-7-14)25-20(26)16-10-18(13-23-11-16)24-12-15-4-2-3-5-19(15)22/h2-11,13,24H,12H2,1H3,(H,25,26). The van der Waals surface area contributed by atoms with Gasteiger partial charge in [-0.15, -0.1) is 0 Å². The van der Waals surface area contributed by atoms with Crippen LogP contribution >= 0.6 is 11.6 Å². The highest BCUT2D eigenvalue weighted by Crippen LogP contribution is 2.18. The normalized spacial score (nSPS) is 10.2. The molecule has 1 aromatic heterocycles. The largest absolute Gasteiger partial charge is 0.465 e. The van der Waals surface area contributed by atoms with Gasteiger partial charge in [0.05, 0.1) is 23.9 Å². The van der Waals surface area contributed by atoms with Gasteiger partial charge < -0.3 is 15.4 Å². The zero-order valence-electron chi connectivity index (χ0n) is 15.1. The van der Waals surface area contributed by atoms with Gasteiger partial charge in [-0.1, -0.05) is 29.8 Å². The van der Waals surface area contributed by atoms with Gasteiger partial charge in [0.2, 0.25) is 0 Å². The van der Waals surface area contributed by atoms with Crippen LogP contribution in [0.4, 0.5) is 11.4 Å². The fourth-order valence-electron chi connectivity index (χ4n) is 2.51. The molecule has 0 atom stereocenters. The van der Waals surface area contributed by atoms with Gasteiger partial charge in [-0.3, -0.25) is 9.78 Å². The molecule has 0 bridgehead atoms. The Hall–Kier alpha value is -3.38. The number of aromatic nitrogens is 1. The highest BCUT2D eigenvalue weighted by atomic mass is 35.5. The van der Waals surface area contributed by atoms with Gasteiger partial charge in [0.1, 0.15) is 0 Å². The Morgan fingerprint density at radius 3 is 2.46 bits per heavy atom. The number of halogens is 1. The van der Waals surface area contributed by atoms with Crippen molar-refractivity contribution in [1.29, 1.82) is 0 Å². The van der Waals surface area contributed by atoms with E-state index in [1.807, 2.05) is 24.3 Å². The van der Waals surface area contributed by atoms with Crippen molar-refractivity contribution in [2.45, 2.75) is 6.54 Å². The summed E-state index contributed by atoms with van der Waals surface area (Å²) in [4.78, 5) is 28.0. The maximum Gasteiger partial charge on any atom is 0.337 e. The number of nitrogens with one attached hydrogen (secondary N) is 2. The van der Waals surface area contributed by atoms with E-state index in [2.05, 4.69) is 20.4 Å². The number of esters is 1. The van der Waals surface area contributed by atoms with Crippen LogP contribution in [0.1, 0.15) is 26.3 Å². The first-order chi connectivity index (χ1) is 13.6. The third-order valence-corrected chi connectivity index (χ3v) is 4.37. The van der Waals surface area contributed by atoms with E-state index in [1.54, 1.807) is 36.5 Å². The van der Waals surface area contributed by atoms with Gasteiger partial charge >= 0.3 is 5.97 Å². The van der Waals surface area contributed by atoms with Crippen molar-refractivity contribution in [3.05, 3.63) is 88.7 Å². The molecule has 142 valence electrons. The minimum absolute atomic E-state index is 0.306. The third kappa shape index (κ3) is 4.86. The molecule has 2 aromatic carbocycles. The molecule has 3 aromatic rings. The molecule has 7 heteroatoms. The topological polar surface area (TPSA) is 80.3 Å². The number of pyridine rings is 1. The lowest BCUT2D eigenvalue weighted by Crippen LogP contribution is -2.13. The lowest BCUT2D eigenvalue weighted by molar-refractivity contribution is 0.0600. The molecule has 0 saturated heterocycles. The summed E-state index contributed by atoms with van der Waals surface area (Å²) in [7, 11) is 1.32. The summed E-state index contributed by atoms with van der Waals surface area (Å²) >= 11 is 6.15. The number of hydrogen-bond acceptors (Lipinski definition) is 5. The van der Waals surface area contributed by atoms with E-state index in [9.17, 15) is 9.59 Å². The summed E-state index contributed by atoms with van der Waals surface area (Å²) in [6.07, 6.45) is 3.12. The first kappa shape index (κ1) is 19.4. The quantitative estimate of drug-likeness (QED) is 0.605. The molecule has 0 aliphatic carbocycles. The second-order valence-corrected chi connectivity index (χ2v) is 6.34. The minimum Gasteiger partial charge on any atom is -0.465 e. The van der Waals surface area contributed by atoms with Gasteiger partial charge in [0.15, 0.2) is 0 Å². The van der Waals surface area contributed by atoms with E-state index >= 15 is 0 Å². The number of benzene rings is 2. The lowest BCUT2D eigenvalue weighted by atomic mass is 10.2. The second kappa shape index (κ2) is 9.01. The summed E-state index contributed by atoms with van der Waals surface area (Å²) in [6.45, 7) is 0.515. The average molecular weight is 396 g/mol. The molecule has 0 saturated carbocycles. The number of carbonyl (C=O) groups excluding carboxylic acids is 2. The van der Waals surface area contributed by atoms with Crippen molar-refractivity contribution in [2.75, 3.05) is 17.7 Å². The van der Waals surface area contributed by atoms with Crippen molar-refractivity contribution < 1.29 is 14.3 Å². The Balaban J connectivity index is 1.65. The zero-order valence-corrected chi connectivity index (χ0v) is 15.9. The number of methoxy groups -OCH3 is 1. The van der Waals surface area contributed by atoms with Crippen LogP contribution in [0.5, 0.6) is 0 Å². The summed E-state index contributed by atoms with van der Waals surface area (Å²) in [6, 6.07) is 15.7. The van der Waals surface area contributed by atoms with Crippen molar-refractivity contribution >= 4 is 34.9 Å². The highest BCUT2D eigenvalue weighted by molar-refractivity contribution is 6.31. The molecule has 6 nitrogen and oxygen atoms in total. The number of carbonyl (C=O) groups is 2. The molecule has 0 spiro atoms.